The van der Waals surface area contributed by atoms with Crippen molar-refractivity contribution in [1.29, 1.82) is 0 Å². The highest BCUT2D eigenvalue weighted by Crippen LogP contribution is 2.16. The predicted octanol–water partition coefficient (Wildman–Crippen LogP) is 1.40. The maximum Gasteiger partial charge on any atom is 0.326 e. The smallest absolute Gasteiger partial charge is 0.326 e. The highest BCUT2D eigenvalue weighted by Gasteiger charge is 2.23. The summed E-state index contributed by atoms with van der Waals surface area (Å²) >= 11 is 0. The molecule has 10 nitrogen and oxygen atoms in total. The number of non-ortho nitro benzene ring substituents is 1. The zero-order chi connectivity index (χ0) is 18.6. The molecule has 1 atom stereocenters. The van der Waals surface area contributed by atoms with Gasteiger partial charge in [-0.1, -0.05) is 25.1 Å². The number of carboxylic acid groups (broad SMARTS) is 1. The Labute approximate surface area is 142 Å². The molecular weight excluding hydrogens is 330 g/mol. The van der Waals surface area contributed by atoms with E-state index in [9.17, 15) is 19.7 Å². The molecule has 1 unspecified atom stereocenters. The summed E-state index contributed by atoms with van der Waals surface area (Å²) in [5.41, 5.74) is 0.154. The fraction of sp³-hybridized carbons (Fsp3) is 0.333. The fourth-order valence-corrected chi connectivity index (χ4v) is 2.17. The summed E-state index contributed by atoms with van der Waals surface area (Å²) in [5, 5.41) is 29.8. The number of nitrogens with one attached hydrogen (secondary N) is 1. The van der Waals surface area contributed by atoms with Crippen molar-refractivity contribution in [3.8, 4) is 5.69 Å². The van der Waals surface area contributed by atoms with E-state index in [1.165, 1.54) is 29.1 Å². The van der Waals surface area contributed by atoms with E-state index in [-0.39, 0.29) is 23.7 Å². The van der Waals surface area contributed by atoms with Gasteiger partial charge < -0.3 is 10.4 Å². The Bertz CT molecular complexity index is 801. The molecule has 0 aliphatic carbocycles. The number of amides is 1. The first-order chi connectivity index (χ1) is 11.8. The van der Waals surface area contributed by atoms with E-state index in [4.69, 9.17) is 5.11 Å². The number of benzene rings is 1. The third kappa shape index (κ3) is 4.59. The summed E-state index contributed by atoms with van der Waals surface area (Å²) in [6.07, 6.45) is 1.56. The van der Waals surface area contributed by atoms with Crippen LogP contribution in [0.25, 0.3) is 5.69 Å². The van der Waals surface area contributed by atoms with E-state index < -0.39 is 22.8 Å². The monoisotopic (exact) mass is 347 g/mol. The Kier molecular flexibility index (Phi) is 5.42. The molecule has 1 aromatic heterocycles. The third-order valence-corrected chi connectivity index (χ3v) is 3.34. The molecule has 2 rings (SSSR count). The van der Waals surface area contributed by atoms with Crippen LogP contribution in [0.3, 0.4) is 0 Å². The molecule has 1 amide bonds. The average Bonchev–Trinajstić information content (AvgIpc) is 3.04. The first kappa shape index (κ1) is 18.0. The second-order valence-corrected chi connectivity index (χ2v) is 5.82. The molecule has 1 aromatic carbocycles. The summed E-state index contributed by atoms with van der Waals surface area (Å²) < 4.78 is 1.21. The SMILES string of the molecule is CC(C)CC(NC(=O)c1cn(-c2cccc([N+](=O)[O-])c2)nn1)C(=O)O. The lowest BCUT2D eigenvalue weighted by molar-refractivity contribution is -0.384. The Hall–Kier alpha value is -3.30. The number of nitro benzene ring substituents is 1. The summed E-state index contributed by atoms with van der Waals surface area (Å²) in [5.74, 6) is -1.72. The number of rotatable bonds is 7. The van der Waals surface area contributed by atoms with Gasteiger partial charge in [-0.15, -0.1) is 5.10 Å². The Morgan fingerprint density at radius 2 is 2.12 bits per heavy atom. The van der Waals surface area contributed by atoms with E-state index in [2.05, 4.69) is 15.6 Å². The average molecular weight is 347 g/mol. The molecule has 1 heterocycles. The normalized spacial score (nSPS) is 12.0. The molecule has 0 radical (unpaired) electrons. The van der Waals surface area contributed by atoms with Gasteiger partial charge in [0.1, 0.15) is 6.04 Å². The van der Waals surface area contributed by atoms with E-state index in [1.807, 2.05) is 13.8 Å². The minimum absolute atomic E-state index is 0.0819. The van der Waals surface area contributed by atoms with Crippen LogP contribution in [0.1, 0.15) is 30.8 Å². The molecule has 132 valence electrons. The van der Waals surface area contributed by atoms with Crippen LogP contribution >= 0.6 is 0 Å². The fourth-order valence-electron chi connectivity index (χ4n) is 2.17. The molecule has 25 heavy (non-hydrogen) atoms. The zero-order valence-corrected chi connectivity index (χ0v) is 13.6. The van der Waals surface area contributed by atoms with Gasteiger partial charge in [0.15, 0.2) is 5.69 Å². The lowest BCUT2D eigenvalue weighted by Gasteiger charge is -2.15. The second kappa shape index (κ2) is 7.51. The molecule has 0 bridgehead atoms. The molecule has 2 aromatic rings. The van der Waals surface area contributed by atoms with Gasteiger partial charge in [-0.2, -0.15) is 0 Å². The molecule has 0 spiro atoms. The zero-order valence-electron chi connectivity index (χ0n) is 13.6. The number of carbonyl (C=O) groups is 2. The molecule has 0 aliphatic rings. The predicted molar refractivity (Wildman–Crippen MR) is 86.4 cm³/mol. The summed E-state index contributed by atoms with van der Waals surface area (Å²) in [6, 6.07) is 4.64. The van der Waals surface area contributed by atoms with Gasteiger partial charge in [-0.05, 0) is 18.4 Å². The minimum Gasteiger partial charge on any atom is -0.480 e. The maximum absolute atomic E-state index is 12.2. The summed E-state index contributed by atoms with van der Waals surface area (Å²) in [6.45, 7) is 3.70. The standard InChI is InChI=1S/C15H17N5O5/c1-9(2)6-12(15(22)23)16-14(21)13-8-19(18-17-13)10-4-3-5-11(7-10)20(24)25/h3-5,7-9,12H,6H2,1-2H3,(H,16,21)(H,22,23). The van der Waals surface area contributed by atoms with Crippen LogP contribution in [-0.2, 0) is 4.79 Å². The Morgan fingerprint density at radius 1 is 1.40 bits per heavy atom. The molecule has 0 saturated heterocycles. The molecule has 0 aliphatic heterocycles. The van der Waals surface area contributed by atoms with Crippen LogP contribution in [0.4, 0.5) is 5.69 Å². The van der Waals surface area contributed by atoms with E-state index in [0.717, 1.165) is 0 Å². The van der Waals surface area contributed by atoms with Crippen LogP contribution in [0.15, 0.2) is 30.5 Å². The number of aliphatic carboxylic acids is 1. The van der Waals surface area contributed by atoms with Crippen LogP contribution in [0, 0.1) is 16.0 Å². The first-order valence-electron chi connectivity index (χ1n) is 7.48. The van der Waals surface area contributed by atoms with Gasteiger partial charge in [-0.3, -0.25) is 14.9 Å². The number of aromatic nitrogens is 3. The van der Waals surface area contributed by atoms with Crippen molar-refractivity contribution in [3.63, 3.8) is 0 Å². The summed E-state index contributed by atoms with van der Waals surface area (Å²) in [7, 11) is 0. The highest BCUT2D eigenvalue weighted by atomic mass is 16.6. The number of nitro groups is 1. The van der Waals surface area contributed by atoms with Crippen molar-refractivity contribution in [2.24, 2.45) is 5.92 Å². The van der Waals surface area contributed by atoms with Gasteiger partial charge in [-0.25, -0.2) is 9.48 Å². The lowest BCUT2D eigenvalue weighted by Crippen LogP contribution is -2.41. The van der Waals surface area contributed by atoms with Crippen LogP contribution in [-0.4, -0.2) is 42.9 Å². The largest absolute Gasteiger partial charge is 0.480 e. The van der Waals surface area contributed by atoms with E-state index in [0.29, 0.717) is 5.69 Å². The van der Waals surface area contributed by atoms with Crippen molar-refractivity contribution in [1.82, 2.24) is 20.3 Å². The molecule has 0 saturated carbocycles. The van der Waals surface area contributed by atoms with Crippen LogP contribution < -0.4 is 5.32 Å². The van der Waals surface area contributed by atoms with Crippen molar-refractivity contribution >= 4 is 17.6 Å². The van der Waals surface area contributed by atoms with Crippen LogP contribution in [0.2, 0.25) is 0 Å². The van der Waals surface area contributed by atoms with Crippen LogP contribution in [0.5, 0.6) is 0 Å². The van der Waals surface area contributed by atoms with Gasteiger partial charge in [0, 0.05) is 12.1 Å². The number of nitrogens with zero attached hydrogens (tertiary/aromatic N) is 4. The highest BCUT2D eigenvalue weighted by molar-refractivity contribution is 5.94. The summed E-state index contributed by atoms with van der Waals surface area (Å²) in [4.78, 5) is 33.6. The quantitative estimate of drug-likeness (QED) is 0.570. The van der Waals surface area contributed by atoms with Gasteiger partial charge >= 0.3 is 5.97 Å². The van der Waals surface area contributed by atoms with Crippen molar-refractivity contribution in [2.45, 2.75) is 26.3 Å². The van der Waals surface area contributed by atoms with E-state index >= 15 is 0 Å². The third-order valence-electron chi connectivity index (χ3n) is 3.34. The number of carboxylic acids is 1. The lowest BCUT2D eigenvalue weighted by atomic mass is 10.0. The molecule has 0 fully saturated rings. The maximum atomic E-state index is 12.2. The first-order valence-corrected chi connectivity index (χ1v) is 7.48. The topological polar surface area (TPSA) is 140 Å². The second-order valence-electron chi connectivity index (χ2n) is 5.82. The number of carbonyl (C=O) groups excluding carboxylic acids is 1. The van der Waals surface area contributed by atoms with Crippen molar-refractivity contribution < 1.29 is 19.6 Å². The van der Waals surface area contributed by atoms with E-state index in [1.54, 1.807) is 6.07 Å². The van der Waals surface area contributed by atoms with Gasteiger partial charge in [0.2, 0.25) is 0 Å². The van der Waals surface area contributed by atoms with Gasteiger partial charge in [0.05, 0.1) is 16.8 Å². The Balaban J connectivity index is 2.17. The number of hydrogen-bond donors (Lipinski definition) is 2. The van der Waals surface area contributed by atoms with Crippen molar-refractivity contribution in [3.05, 3.63) is 46.3 Å². The minimum atomic E-state index is -1.13. The van der Waals surface area contributed by atoms with Crippen molar-refractivity contribution in [2.75, 3.05) is 0 Å². The molecular formula is C15H17N5O5. The molecule has 10 heteroatoms. The Morgan fingerprint density at radius 3 is 2.72 bits per heavy atom. The number of hydrogen-bond acceptors (Lipinski definition) is 6. The molecule has 2 N–H and O–H groups in total. The van der Waals surface area contributed by atoms with Gasteiger partial charge in [0.25, 0.3) is 11.6 Å².